The Morgan fingerprint density at radius 1 is 1.09 bits per heavy atom. The predicted octanol–water partition coefficient (Wildman–Crippen LogP) is 5.51. The van der Waals surface area contributed by atoms with E-state index >= 15 is 0 Å². The summed E-state index contributed by atoms with van der Waals surface area (Å²) in [6.45, 7) is 5.68. The van der Waals surface area contributed by atoms with E-state index in [1.54, 1.807) is 10.7 Å². The molecular weight excluding hydrogens is 431 g/mol. The first kappa shape index (κ1) is 23.2. The van der Waals surface area contributed by atoms with Crippen LogP contribution in [0.2, 0.25) is 0 Å². The number of hydrogen-bond acceptors (Lipinski definition) is 5. The predicted molar refractivity (Wildman–Crippen MR) is 129 cm³/mol. The average Bonchev–Trinajstić information content (AvgIpc) is 3.44. The molecule has 1 aliphatic carbocycles. The van der Waals surface area contributed by atoms with Crippen LogP contribution < -0.4 is 0 Å². The number of carbonyl (C=O) groups excluding carboxylic acids is 1. The molecule has 0 unspecified atom stereocenters. The monoisotopic (exact) mass is 466 g/mol. The van der Waals surface area contributed by atoms with Crippen molar-refractivity contribution in [2.45, 2.75) is 70.8 Å². The van der Waals surface area contributed by atoms with Crippen LogP contribution in [0.3, 0.4) is 0 Å². The highest BCUT2D eigenvalue weighted by Gasteiger charge is 2.27. The van der Waals surface area contributed by atoms with E-state index in [-0.39, 0.29) is 5.82 Å². The maximum atomic E-state index is 13.4. The van der Waals surface area contributed by atoms with Crippen molar-refractivity contribution in [1.82, 2.24) is 19.8 Å². The second-order valence-corrected chi connectivity index (χ2v) is 10.4. The van der Waals surface area contributed by atoms with Crippen molar-refractivity contribution in [3.63, 3.8) is 0 Å². The summed E-state index contributed by atoms with van der Waals surface area (Å²) in [5.41, 5.74) is 2.50. The van der Waals surface area contributed by atoms with Crippen molar-refractivity contribution in [2.24, 2.45) is 11.8 Å². The van der Waals surface area contributed by atoms with E-state index in [1.807, 2.05) is 19.2 Å². The molecular formula is C27H35FN4O2. The van der Waals surface area contributed by atoms with Crippen LogP contribution >= 0.6 is 0 Å². The molecule has 0 spiro atoms. The first-order chi connectivity index (χ1) is 16.5. The molecule has 3 heterocycles. The quantitative estimate of drug-likeness (QED) is 0.438. The number of ketones is 1. The van der Waals surface area contributed by atoms with Crippen LogP contribution in [0.5, 0.6) is 0 Å². The Morgan fingerprint density at radius 3 is 2.59 bits per heavy atom. The number of piperidine rings is 1. The Bertz CT molecular complexity index is 1110. The van der Waals surface area contributed by atoms with Crippen LogP contribution in [0, 0.1) is 24.6 Å². The highest BCUT2D eigenvalue weighted by molar-refractivity contribution is 5.80. The van der Waals surface area contributed by atoms with Gasteiger partial charge in [-0.15, -0.1) is 0 Å². The average molecular weight is 467 g/mol. The Labute approximate surface area is 200 Å². The van der Waals surface area contributed by atoms with Crippen LogP contribution in [-0.4, -0.2) is 45.3 Å². The molecule has 6 nitrogen and oxygen atoms in total. The highest BCUT2D eigenvalue weighted by Crippen LogP contribution is 2.35. The lowest BCUT2D eigenvalue weighted by atomic mass is 9.78. The van der Waals surface area contributed by atoms with Gasteiger partial charge in [0.05, 0.1) is 17.9 Å². The summed E-state index contributed by atoms with van der Waals surface area (Å²) < 4.78 is 20.6. The van der Waals surface area contributed by atoms with Crippen LogP contribution in [0.15, 0.2) is 35.0 Å². The summed E-state index contributed by atoms with van der Waals surface area (Å²) in [4.78, 5) is 15.0. The summed E-state index contributed by atoms with van der Waals surface area (Å²) in [7, 11) is 0. The number of likely N-dealkylation sites (tertiary alicyclic amines) is 1. The van der Waals surface area contributed by atoms with E-state index < -0.39 is 0 Å². The lowest BCUT2D eigenvalue weighted by Gasteiger charge is -2.34. The van der Waals surface area contributed by atoms with E-state index in [4.69, 9.17) is 4.52 Å². The number of nitrogens with zero attached hydrogens (tertiary/aromatic N) is 4. The Kier molecular flexibility index (Phi) is 7.09. The van der Waals surface area contributed by atoms with Gasteiger partial charge < -0.3 is 9.42 Å². The molecule has 2 aliphatic rings. The number of halogens is 1. The second-order valence-electron chi connectivity index (χ2n) is 10.4. The van der Waals surface area contributed by atoms with Gasteiger partial charge >= 0.3 is 0 Å². The molecule has 182 valence electrons. The highest BCUT2D eigenvalue weighted by atomic mass is 19.1. The van der Waals surface area contributed by atoms with Gasteiger partial charge in [-0.05, 0) is 88.7 Å². The zero-order valence-electron chi connectivity index (χ0n) is 20.1. The largest absolute Gasteiger partial charge is 0.356 e. The lowest BCUT2D eigenvalue weighted by Crippen LogP contribution is -2.35. The fraction of sp³-hybridized carbons (Fsp3) is 0.593. The molecule has 5 rings (SSSR count). The molecule has 7 heteroatoms. The topological polar surface area (TPSA) is 64.2 Å². The smallest absolute Gasteiger partial charge is 0.170 e. The maximum absolute atomic E-state index is 13.4. The molecule has 0 radical (unpaired) electrons. The fourth-order valence-corrected chi connectivity index (χ4v) is 5.86. The SMILES string of the molecule is Cc1ccn(CC(=O)CC2CCC(CCN3CCC(c4noc5cc(F)ccc45)CC3)CC2)n1. The molecule has 0 atom stereocenters. The van der Waals surface area contributed by atoms with Crippen molar-refractivity contribution in [2.75, 3.05) is 19.6 Å². The van der Waals surface area contributed by atoms with E-state index in [2.05, 4.69) is 15.2 Å². The van der Waals surface area contributed by atoms with E-state index in [1.165, 1.54) is 44.2 Å². The lowest BCUT2D eigenvalue weighted by molar-refractivity contribution is -0.121. The van der Waals surface area contributed by atoms with Gasteiger partial charge in [-0.1, -0.05) is 18.0 Å². The molecule has 2 fully saturated rings. The van der Waals surface area contributed by atoms with E-state index in [9.17, 15) is 9.18 Å². The van der Waals surface area contributed by atoms with E-state index in [0.717, 1.165) is 55.2 Å². The van der Waals surface area contributed by atoms with Gasteiger partial charge in [0.15, 0.2) is 11.4 Å². The number of benzene rings is 1. The van der Waals surface area contributed by atoms with Crippen LogP contribution in [0.1, 0.15) is 68.7 Å². The maximum Gasteiger partial charge on any atom is 0.170 e. The zero-order valence-corrected chi connectivity index (χ0v) is 20.1. The molecule has 1 saturated heterocycles. The third kappa shape index (κ3) is 5.57. The molecule has 2 aromatic heterocycles. The third-order valence-electron chi connectivity index (χ3n) is 7.88. The van der Waals surface area contributed by atoms with Gasteiger partial charge in [-0.3, -0.25) is 9.48 Å². The van der Waals surface area contributed by atoms with Crippen molar-refractivity contribution in [3.05, 3.63) is 47.7 Å². The van der Waals surface area contributed by atoms with Gasteiger partial charge in [-0.25, -0.2) is 4.39 Å². The van der Waals surface area contributed by atoms with Crippen molar-refractivity contribution in [1.29, 1.82) is 0 Å². The third-order valence-corrected chi connectivity index (χ3v) is 7.88. The van der Waals surface area contributed by atoms with Gasteiger partial charge in [0, 0.05) is 30.0 Å². The second kappa shape index (κ2) is 10.4. The minimum absolute atomic E-state index is 0.282. The van der Waals surface area contributed by atoms with Crippen LogP contribution in [0.25, 0.3) is 11.0 Å². The Morgan fingerprint density at radius 2 is 1.85 bits per heavy atom. The number of aromatic nitrogens is 3. The van der Waals surface area contributed by atoms with Crippen molar-refractivity contribution in [3.8, 4) is 0 Å². The van der Waals surface area contributed by atoms with Crippen LogP contribution in [0.4, 0.5) is 4.39 Å². The summed E-state index contributed by atoms with van der Waals surface area (Å²) >= 11 is 0. The minimum Gasteiger partial charge on any atom is -0.356 e. The molecule has 1 aliphatic heterocycles. The van der Waals surface area contributed by atoms with E-state index in [0.29, 0.717) is 36.2 Å². The van der Waals surface area contributed by atoms with Crippen LogP contribution in [-0.2, 0) is 11.3 Å². The van der Waals surface area contributed by atoms with Gasteiger partial charge in [0.1, 0.15) is 5.82 Å². The summed E-state index contributed by atoms with van der Waals surface area (Å²) in [5, 5.41) is 9.55. The fourth-order valence-electron chi connectivity index (χ4n) is 5.86. The van der Waals surface area contributed by atoms with Gasteiger partial charge in [0.25, 0.3) is 0 Å². The molecule has 0 amide bonds. The first-order valence-corrected chi connectivity index (χ1v) is 12.8. The summed E-state index contributed by atoms with van der Waals surface area (Å²) in [6, 6.07) is 6.65. The number of fused-ring (bicyclic) bond motifs is 1. The number of carbonyl (C=O) groups is 1. The molecule has 1 aromatic carbocycles. The zero-order chi connectivity index (χ0) is 23.5. The van der Waals surface area contributed by atoms with Gasteiger partial charge in [0.2, 0.25) is 0 Å². The molecule has 0 N–H and O–H groups in total. The number of Topliss-reactive ketones (excluding diaryl/α,β-unsaturated/α-hetero) is 1. The molecule has 0 bridgehead atoms. The molecule has 3 aromatic rings. The Hall–Kier alpha value is -2.54. The standard InChI is InChI=1S/C27H35FN4O2/c1-19-8-15-32(29-19)18-24(33)16-21-4-2-20(3-5-21)9-12-31-13-10-22(11-14-31)27-25-7-6-23(28)17-26(25)34-30-27/h6-8,15,17,20-22H,2-5,9-14,16,18H2,1H3. The van der Waals surface area contributed by atoms with Crippen molar-refractivity contribution < 1.29 is 13.7 Å². The molecule has 1 saturated carbocycles. The number of aryl methyl sites for hydroxylation is 1. The normalized spacial score (nSPS) is 22.4. The van der Waals surface area contributed by atoms with Gasteiger partial charge in [-0.2, -0.15) is 5.10 Å². The summed E-state index contributed by atoms with van der Waals surface area (Å²) in [6.07, 6.45) is 10.8. The number of hydrogen-bond donors (Lipinski definition) is 0. The first-order valence-electron chi connectivity index (χ1n) is 12.8. The van der Waals surface area contributed by atoms with Crippen molar-refractivity contribution >= 4 is 16.8 Å². The minimum atomic E-state index is -0.282. The molecule has 34 heavy (non-hydrogen) atoms. The summed E-state index contributed by atoms with van der Waals surface area (Å²) in [5.74, 6) is 1.74. The Balaban J connectivity index is 1.01. The number of rotatable bonds is 8.